The van der Waals surface area contributed by atoms with E-state index in [4.69, 9.17) is 0 Å². The molecule has 1 aliphatic rings. The highest BCUT2D eigenvalue weighted by Crippen LogP contribution is 2.46. The monoisotopic (exact) mass is 499 g/mol. The van der Waals surface area contributed by atoms with Gasteiger partial charge in [-0.2, -0.15) is 0 Å². The van der Waals surface area contributed by atoms with Crippen molar-refractivity contribution >= 4 is 29.0 Å². The van der Waals surface area contributed by atoms with E-state index >= 15 is 0 Å². The zero-order chi connectivity index (χ0) is 26.9. The third-order valence-electron chi connectivity index (χ3n) is 7.20. The van der Waals surface area contributed by atoms with Crippen LogP contribution in [0.1, 0.15) is 47.1 Å². The third kappa shape index (κ3) is 5.47. The van der Waals surface area contributed by atoms with Crippen molar-refractivity contribution in [2.24, 2.45) is 11.8 Å². The zero-order valence-corrected chi connectivity index (χ0v) is 21.8. The standard InChI is InChI=1S/C30H33N3O4/c1-17-6-8-22(19(3)14-17)32-28(35)26-24(34)16-30(5,37)27(25(26)21-10-12-31-13-11-21)29(36)33-23-9-7-18(2)15-20(23)4/h6-15,25-27,37H,16H2,1-5H3,(H,32,35)(H,33,36)/t25-,26-,27+,30+/m1/s1. The van der Waals surface area contributed by atoms with E-state index < -0.39 is 41.0 Å². The van der Waals surface area contributed by atoms with Crippen LogP contribution in [-0.2, 0) is 14.4 Å². The van der Waals surface area contributed by atoms with Crippen molar-refractivity contribution in [3.63, 3.8) is 0 Å². The number of aromatic nitrogens is 1. The fourth-order valence-corrected chi connectivity index (χ4v) is 5.41. The van der Waals surface area contributed by atoms with Crippen molar-refractivity contribution < 1.29 is 19.5 Å². The molecule has 0 aliphatic heterocycles. The molecule has 1 aliphatic carbocycles. The Morgan fingerprint density at radius 1 is 0.865 bits per heavy atom. The van der Waals surface area contributed by atoms with Crippen molar-refractivity contribution in [2.45, 2.75) is 52.6 Å². The summed E-state index contributed by atoms with van der Waals surface area (Å²) in [5.41, 5.74) is 4.01. The first-order valence-electron chi connectivity index (χ1n) is 12.4. The molecule has 37 heavy (non-hydrogen) atoms. The second-order valence-corrected chi connectivity index (χ2v) is 10.4. The number of rotatable bonds is 5. The molecule has 1 heterocycles. The Kier molecular flexibility index (Phi) is 7.28. The van der Waals surface area contributed by atoms with E-state index in [0.29, 0.717) is 16.9 Å². The summed E-state index contributed by atoms with van der Waals surface area (Å²) in [6, 6.07) is 14.7. The summed E-state index contributed by atoms with van der Waals surface area (Å²) in [5.74, 6) is -4.49. The van der Waals surface area contributed by atoms with Gasteiger partial charge in [-0.25, -0.2) is 0 Å². The smallest absolute Gasteiger partial charge is 0.235 e. The number of anilines is 2. The van der Waals surface area contributed by atoms with E-state index in [1.54, 1.807) is 30.6 Å². The van der Waals surface area contributed by atoms with Crippen LogP contribution in [0.25, 0.3) is 0 Å². The number of Topliss-reactive ketones (excluding diaryl/α,β-unsaturated/α-hetero) is 1. The van der Waals surface area contributed by atoms with E-state index in [1.807, 2.05) is 58.0 Å². The molecule has 1 saturated carbocycles. The molecular formula is C30H33N3O4. The largest absolute Gasteiger partial charge is 0.389 e. The first kappa shape index (κ1) is 26.2. The number of pyridine rings is 1. The molecule has 0 unspecified atom stereocenters. The van der Waals surface area contributed by atoms with Gasteiger partial charge in [-0.05, 0) is 75.6 Å². The predicted molar refractivity (Wildman–Crippen MR) is 143 cm³/mol. The highest BCUT2D eigenvalue weighted by atomic mass is 16.3. The number of hydrogen-bond acceptors (Lipinski definition) is 5. The quantitative estimate of drug-likeness (QED) is 0.444. The number of benzene rings is 2. The summed E-state index contributed by atoms with van der Waals surface area (Å²) >= 11 is 0. The maximum absolute atomic E-state index is 13.8. The van der Waals surface area contributed by atoms with E-state index in [1.165, 1.54) is 6.92 Å². The lowest BCUT2D eigenvalue weighted by atomic mass is 9.61. The number of carbonyl (C=O) groups excluding carboxylic acids is 3. The molecule has 2 aromatic carbocycles. The predicted octanol–water partition coefficient (Wildman–Crippen LogP) is 4.63. The topological polar surface area (TPSA) is 108 Å². The minimum atomic E-state index is -1.66. The first-order valence-corrected chi connectivity index (χ1v) is 12.4. The minimum Gasteiger partial charge on any atom is -0.389 e. The number of aliphatic hydroxyl groups is 1. The third-order valence-corrected chi connectivity index (χ3v) is 7.20. The number of nitrogens with zero attached hydrogens (tertiary/aromatic N) is 1. The van der Waals surface area contributed by atoms with Crippen molar-refractivity contribution in [3.8, 4) is 0 Å². The Morgan fingerprint density at radius 2 is 1.38 bits per heavy atom. The molecule has 4 atom stereocenters. The molecule has 2 amide bonds. The Morgan fingerprint density at radius 3 is 1.89 bits per heavy atom. The van der Waals surface area contributed by atoms with E-state index in [9.17, 15) is 19.5 Å². The van der Waals surface area contributed by atoms with Crippen LogP contribution in [0.2, 0.25) is 0 Å². The Labute approximate surface area is 217 Å². The Bertz CT molecular complexity index is 1350. The molecule has 7 heteroatoms. The minimum absolute atomic E-state index is 0.315. The number of hydrogen-bond donors (Lipinski definition) is 3. The Balaban J connectivity index is 1.75. The molecule has 1 fully saturated rings. The highest BCUT2D eigenvalue weighted by molar-refractivity contribution is 6.10. The van der Waals surface area contributed by atoms with Gasteiger partial charge in [0.05, 0.1) is 11.5 Å². The first-order chi connectivity index (χ1) is 17.5. The van der Waals surface area contributed by atoms with Crippen LogP contribution < -0.4 is 10.6 Å². The van der Waals surface area contributed by atoms with Gasteiger partial charge in [0, 0.05) is 36.1 Å². The highest BCUT2D eigenvalue weighted by Gasteiger charge is 2.56. The van der Waals surface area contributed by atoms with Gasteiger partial charge in [0.25, 0.3) is 0 Å². The van der Waals surface area contributed by atoms with Crippen molar-refractivity contribution in [3.05, 3.63) is 88.7 Å². The zero-order valence-electron chi connectivity index (χ0n) is 21.8. The maximum Gasteiger partial charge on any atom is 0.235 e. The summed E-state index contributed by atoms with van der Waals surface area (Å²) in [7, 11) is 0. The fraction of sp³-hybridized carbons (Fsp3) is 0.333. The Hall–Kier alpha value is -3.84. The molecule has 0 spiro atoms. The van der Waals surface area contributed by atoms with Crippen molar-refractivity contribution in [1.82, 2.24) is 4.98 Å². The summed E-state index contributed by atoms with van der Waals surface area (Å²) in [6.45, 7) is 9.20. The second-order valence-electron chi connectivity index (χ2n) is 10.4. The molecule has 3 aromatic rings. The van der Waals surface area contributed by atoms with Crippen LogP contribution in [0, 0.1) is 39.5 Å². The van der Waals surface area contributed by atoms with Crippen LogP contribution in [-0.4, -0.2) is 33.3 Å². The number of ketones is 1. The average molecular weight is 500 g/mol. The van der Waals surface area contributed by atoms with Crippen LogP contribution >= 0.6 is 0 Å². The van der Waals surface area contributed by atoms with Gasteiger partial charge in [0.15, 0.2) is 0 Å². The number of nitrogens with one attached hydrogen (secondary N) is 2. The SMILES string of the molecule is Cc1ccc(NC(=O)[C@@H]2C(=O)C[C@](C)(O)[C@H](C(=O)Nc3ccc(C)cc3C)[C@@H]2c2ccncc2)c(C)c1. The normalized spacial score (nSPS) is 23.4. The molecule has 7 nitrogen and oxygen atoms in total. The van der Waals surface area contributed by atoms with Crippen molar-refractivity contribution in [2.75, 3.05) is 10.6 Å². The molecule has 1 aromatic heterocycles. The van der Waals surface area contributed by atoms with Crippen LogP contribution in [0.4, 0.5) is 11.4 Å². The van der Waals surface area contributed by atoms with Crippen LogP contribution in [0.5, 0.6) is 0 Å². The van der Waals surface area contributed by atoms with Gasteiger partial charge >= 0.3 is 0 Å². The number of aryl methyl sites for hydroxylation is 4. The van der Waals surface area contributed by atoms with Gasteiger partial charge in [-0.15, -0.1) is 0 Å². The number of carbonyl (C=O) groups is 3. The van der Waals surface area contributed by atoms with E-state index in [2.05, 4.69) is 15.6 Å². The second kappa shape index (κ2) is 10.3. The van der Waals surface area contributed by atoms with E-state index in [-0.39, 0.29) is 6.42 Å². The lowest BCUT2D eigenvalue weighted by Crippen LogP contribution is -2.56. The van der Waals surface area contributed by atoms with Gasteiger partial charge in [-0.3, -0.25) is 19.4 Å². The molecule has 0 bridgehead atoms. The van der Waals surface area contributed by atoms with Crippen molar-refractivity contribution in [1.29, 1.82) is 0 Å². The molecule has 4 rings (SSSR count). The summed E-state index contributed by atoms with van der Waals surface area (Å²) in [4.78, 5) is 44.9. The van der Waals surface area contributed by atoms with Gasteiger partial charge < -0.3 is 15.7 Å². The summed E-state index contributed by atoms with van der Waals surface area (Å²) in [6.07, 6.45) is 2.80. The molecule has 0 radical (unpaired) electrons. The number of amides is 2. The van der Waals surface area contributed by atoms with Gasteiger partial charge in [0.2, 0.25) is 11.8 Å². The van der Waals surface area contributed by atoms with E-state index in [0.717, 1.165) is 22.3 Å². The van der Waals surface area contributed by atoms with Gasteiger partial charge in [-0.1, -0.05) is 35.4 Å². The lowest BCUT2D eigenvalue weighted by molar-refractivity contribution is -0.150. The van der Waals surface area contributed by atoms with Gasteiger partial charge in [0.1, 0.15) is 11.7 Å². The average Bonchev–Trinajstić information content (AvgIpc) is 2.82. The van der Waals surface area contributed by atoms with Crippen LogP contribution in [0.3, 0.4) is 0 Å². The maximum atomic E-state index is 13.8. The summed E-state index contributed by atoms with van der Waals surface area (Å²) < 4.78 is 0. The molecular weight excluding hydrogens is 466 g/mol. The lowest BCUT2D eigenvalue weighted by Gasteiger charge is -2.44. The molecule has 0 saturated heterocycles. The molecule has 192 valence electrons. The fourth-order valence-electron chi connectivity index (χ4n) is 5.41. The molecule has 3 N–H and O–H groups in total. The van der Waals surface area contributed by atoms with Crippen LogP contribution in [0.15, 0.2) is 60.9 Å². The summed E-state index contributed by atoms with van der Waals surface area (Å²) in [5, 5.41) is 17.3.